The topological polar surface area (TPSA) is 127 Å². The van der Waals surface area contributed by atoms with Crippen LogP contribution in [0.4, 0.5) is 18.9 Å². The lowest BCUT2D eigenvalue weighted by Gasteiger charge is -2.23. The third-order valence-corrected chi connectivity index (χ3v) is 5.18. The number of nitrogens with zero attached hydrogens (tertiary/aromatic N) is 2. The van der Waals surface area contributed by atoms with Gasteiger partial charge in [0.2, 0.25) is 0 Å². The van der Waals surface area contributed by atoms with Crippen LogP contribution in [0, 0.1) is 5.92 Å². The van der Waals surface area contributed by atoms with Crippen LogP contribution < -0.4 is 15.4 Å². The number of benzene rings is 2. The SMILES string of the molecule is CC(C)C(COc1nnc(-c2ccc(C(F)(F)F)cc2)o1)Nc1ccc(C(=O)NCCC(=O)O)cc1. The highest BCUT2D eigenvalue weighted by Gasteiger charge is 2.30. The van der Waals surface area contributed by atoms with E-state index in [2.05, 4.69) is 20.8 Å². The summed E-state index contributed by atoms with van der Waals surface area (Å²) < 4.78 is 49.2. The third-order valence-electron chi connectivity index (χ3n) is 5.18. The Hall–Kier alpha value is -4.09. The van der Waals surface area contributed by atoms with E-state index in [1.165, 1.54) is 12.1 Å². The number of nitrogens with one attached hydrogen (secondary N) is 2. The van der Waals surface area contributed by atoms with E-state index in [9.17, 15) is 22.8 Å². The summed E-state index contributed by atoms with van der Waals surface area (Å²) in [5, 5.41) is 22.1. The number of carboxylic acids is 1. The number of ether oxygens (including phenoxy) is 1. The van der Waals surface area contributed by atoms with Gasteiger partial charge in [0, 0.05) is 23.4 Å². The van der Waals surface area contributed by atoms with Crippen LogP contribution in [0.2, 0.25) is 0 Å². The van der Waals surface area contributed by atoms with E-state index in [0.29, 0.717) is 11.1 Å². The average Bonchev–Trinajstić information content (AvgIpc) is 3.30. The molecule has 36 heavy (non-hydrogen) atoms. The summed E-state index contributed by atoms with van der Waals surface area (Å²) in [5.74, 6) is -1.20. The van der Waals surface area contributed by atoms with Gasteiger partial charge in [-0.05, 0) is 54.4 Å². The van der Waals surface area contributed by atoms with E-state index < -0.39 is 17.7 Å². The predicted molar refractivity (Wildman–Crippen MR) is 124 cm³/mol. The molecule has 3 aromatic rings. The van der Waals surface area contributed by atoms with Gasteiger partial charge >= 0.3 is 18.2 Å². The lowest BCUT2D eigenvalue weighted by Crippen LogP contribution is -2.32. The molecule has 0 bridgehead atoms. The number of halogens is 3. The molecular formula is C24H25F3N4O5. The minimum atomic E-state index is -4.44. The second kappa shape index (κ2) is 11.6. The highest BCUT2D eigenvalue weighted by Crippen LogP contribution is 2.31. The van der Waals surface area contributed by atoms with E-state index >= 15 is 0 Å². The molecule has 0 saturated heterocycles. The summed E-state index contributed by atoms with van der Waals surface area (Å²) in [7, 11) is 0. The summed E-state index contributed by atoms with van der Waals surface area (Å²) in [6, 6.07) is 10.8. The molecule has 0 spiro atoms. The highest BCUT2D eigenvalue weighted by atomic mass is 19.4. The Labute approximate surface area is 204 Å². The van der Waals surface area contributed by atoms with Gasteiger partial charge < -0.3 is 24.9 Å². The molecule has 0 fully saturated rings. The molecule has 0 aliphatic heterocycles. The van der Waals surface area contributed by atoms with Crippen LogP contribution in [0.5, 0.6) is 6.08 Å². The summed E-state index contributed by atoms with van der Waals surface area (Å²) in [6.07, 6.45) is -4.71. The summed E-state index contributed by atoms with van der Waals surface area (Å²) in [5.41, 5.74) is 0.677. The van der Waals surface area contributed by atoms with Gasteiger partial charge in [-0.15, -0.1) is 5.10 Å². The molecule has 0 aliphatic rings. The largest absolute Gasteiger partial charge is 0.481 e. The number of amides is 1. The molecule has 1 unspecified atom stereocenters. The molecule has 9 nitrogen and oxygen atoms in total. The Balaban J connectivity index is 1.56. The Morgan fingerprint density at radius 1 is 1.06 bits per heavy atom. The van der Waals surface area contributed by atoms with Gasteiger partial charge in [-0.1, -0.05) is 18.9 Å². The number of carbonyl (C=O) groups is 2. The molecule has 0 saturated carbocycles. The molecule has 1 atom stereocenters. The van der Waals surface area contributed by atoms with Gasteiger partial charge in [0.1, 0.15) is 6.61 Å². The first-order chi connectivity index (χ1) is 17.0. The Morgan fingerprint density at radius 2 is 1.72 bits per heavy atom. The number of carboxylic acid groups (broad SMARTS) is 1. The van der Waals surface area contributed by atoms with Crippen molar-refractivity contribution in [1.82, 2.24) is 15.5 Å². The third kappa shape index (κ3) is 7.45. The molecule has 3 rings (SSSR count). The fourth-order valence-corrected chi connectivity index (χ4v) is 3.07. The van der Waals surface area contributed by atoms with Gasteiger partial charge in [0.15, 0.2) is 0 Å². The highest BCUT2D eigenvalue weighted by molar-refractivity contribution is 5.94. The molecule has 1 aromatic heterocycles. The maximum atomic E-state index is 12.7. The van der Waals surface area contributed by atoms with Gasteiger partial charge in [0.05, 0.1) is 18.0 Å². The number of alkyl halides is 3. The van der Waals surface area contributed by atoms with Crippen LogP contribution in [0.15, 0.2) is 52.9 Å². The van der Waals surface area contributed by atoms with Crippen molar-refractivity contribution in [3.8, 4) is 17.5 Å². The van der Waals surface area contributed by atoms with E-state index in [4.69, 9.17) is 14.3 Å². The second-order valence-corrected chi connectivity index (χ2v) is 8.23. The summed E-state index contributed by atoms with van der Waals surface area (Å²) in [6.45, 7) is 4.15. The maximum Gasteiger partial charge on any atom is 0.416 e. The van der Waals surface area contributed by atoms with Gasteiger partial charge in [-0.3, -0.25) is 9.59 Å². The van der Waals surface area contributed by atoms with E-state index in [0.717, 1.165) is 17.8 Å². The molecule has 192 valence electrons. The van der Waals surface area contributed by atoms with Crippen LogP contribution in [-0.2, 0) is 11.0 Å². The molecular weight excluding hydrogens is 481 g/mol. The first-order valence-corrected chi connectivity index (χ1v) is 11.0. The van der Waals surface area contributed by atoms with Crippen molar-refractivity contribution in [1.29, 1.82) is 0 Å². The fraction of sp³-hybridized carbons (Fsp3) is 0.333. The number of aliphatic carboxylic acids is 1. The number of rotatable bonds is 11. The van der Waals surface area contributed by atoms with Crippen molar-refractivity contribution in [2.75, 3.05) is 18.5 Å². The van der Waals surface area contributed by atoms with E-state index in [1.54, 1.807) is 24.3 Å². The number of hydrogen-bond donors (Lipinski definition) is 3. The average molecular weight is 506 g/mol. The maximum absolute atomic E-state index is 12.7. The van der Waals surface area contributed by atoms with Crippen molar-refractivity contribution in [2.45, 2.75) is 32.5 Å². The van der Waals surface area contributed by atoms with E-state index in [-0.39, 0.29) is 49.4 Å². The summed E-state index contributed by atoms with van der Waals surface area (Å²) in [4.78, 5) is 22.6. The van der Waals surface area contributed by atoms with Gasteiger partial charge in [-0.25, -0.2) is 0 Å². The van der Waals surface area contributed by atoms with Gasteiger partial charge in [0.25, 0.3) is 11.8 Å². The standard InChI is InChI=1S/C24H25F3N4O5/c1-14(2)19(29-18-9-5-15(6-10-18)21(34)28-12-11-20(32)33)13-35-23-31-30-22(36-23)16-3-7-17(8-4-16)24(25,26)27/h3-10,14,19,29H,11-13H2,1-2H3,(H,28,34)(H,32,33). The number of anilines is 1. The Morgan fingerprint density at radius 3 is 2.31 bits per heavy atom. The first kappa shape index (κ1) is 26.5. The molecule has 2 aromatic carbocycles. The monoisotopic (exact) mass is 506 g/mol. The molecule has 3 N–H and O–H groups in total. The first-order valence-electron chi connectivity index (χ1n) is 11.0. The molecule has 12 heteroatoms. The zero-order chi connectivity index (χ0) is 26.3. The van der Waals surface area contributed by atoms with Crippen LogP contribution in [0.3, 0.4) is 0 Å². The number of hydrogen-bond acceptors (Lipinski definition) is 7. The number of aromatic nitrogens is 2. The minimum absolute atomic E-state index is 0.0324. The summed E-state index contributed by atoms with van der Waals surface area (Å²) >= 11 is 0. The second-order valence-electron chi connectivity index (χ2n) is 8.23. The minimum Gasteiger partial charge on any atom is -0.481 e. The fourth-order valence-electron chi connectivity index (χ4n) is 3.07. The van der Waals surface area contributed by atoms with Crippen LogP contribution in [0.1, 0.15) is 36.2 Å². The number of carbonyl (C=O) groups excluding carboxylic acids is 1. The predicted octanol–water partition coefficient (Wildman–Crippen LogP) is 4.48. The van der Waals surface area contributed by atoms with Crippen LogP contribution >= 0.6 is 0 Å². The quantitative estimate of drug-likeness (QED) is 0.348. The normalized spacial score (nSPS) is 12.3. The van der Waals surface area contributed by atoms with Crippen molar-refractivity contribution < 1.29 is 37.0 Å². The van der Waals surface area contributed by atoms with Crippen molar-refractivity contribution in [3.63, 3.8) is 0 Å². The molecule has 1 heterocycles. The lowest BCUT2D eigenvalue weighted by atomic mass is 10.0. The molecule has 1 amide bonds. The van der Waals surface area contributed by atoms with Crippen molar-refractivity contribution in [2.24, 2.45) is 5.92 Å². The van der Waals surface area contributed by atoms with Crippen molar-refractivity contribution >= 4 is 17.6 Å². The lowest BCUT2D eigenvalue weighted by molar-refractivity contribution is -0.138. The molecule has 0 radical (unpaired) electrons. The van der Waals surface area contributed by atoms with E-state index in [1.807, 2.05) is 13.8 Å². The van der Waals surface area contributed by atoms with Crippen molar-refractivity contribution in [3.05, 3.63) is 59.7 Å². The zero-order valence-electron chi connectivity index (χ0n) is 19.5. The zero-order valence-corrected chi connectivity index (χ0v) is 19.5. The van der Waals surface area contributed by atoms with Crippen LogP contribution in [-0.4, -0.2) is 46.4 Å². The Bertz CT molecular complexity index is 1160. The van der Waals surface area contributed by atoms with Gasteiger partial charge in [-0.2, -0.15) is 13.2 Å². The Kier molecular flexibility index (Phi) is 8.51. The molecule has 0 aliphatic carbocycles. The van der Waals surface area contributed by atoms with Crippen LogP contribution in [0.25, 0.3) is 11.5 Å². The smallest absolute Gasteiger partial charge is 0.416 e.